The fourth-order valence-electron chi connectivity index (χ4n) is 2.78. The molecule has 6 nitrogen and oxygen atoms in total. The van der Waals surface area contributed by atoms with E-state index in [-0.39, 0.29) is 0 Å². The molecule has 0 heterocycles. The third-order valence-electron chi connectivity index (χ3n) is 4.53. The van der Waals surface area contributed by atoms with Crippen molar-refractivity contribution in [3.8, 4) is 5.75 Å². The lowest BCUT2D eigenvalue weighted by Gasteiger charge is -2.08. The van der Waals surface area contributed by atoms with Crippen LogP contribution in [0.5, 0.6) is 5.75 Å². The number of rotatable bonds is 7. The fourth-order valence-corrected chi connectivity index (χ4v) is 2.78. The molecule has 0 fully saturated rings. The van der Waals surface area contributed by atoms with Crippen molar-refractivity contribution >= 4 is 23.7 Å². The maximum absolute atomic E-state index is 12.0. The smallest absolute Gasteiger partial charge is 0.329 e. The fraction of sp³-hybridized carbons (Fsp3) is 0.160. The van der Waals surface area contributed by atoms with E-state index in [1.807, 2.05) is 60.7 Å². The molecule has 158 valence electrons. The first-order chi connectivity index (χ1) is 15.0. The molecule has 3 aromatic rings. The van der Waals surface area contributed by atoms with Crippen LogP contribution in [0.3, 0.4) is 0 Å². The summed E-state index contributed by atoms with van der Waals surface area (Å²) in [6.45, 7) is 4.63. The summed E-state index contributed by atoms with van der Waals surface area (Å²) in [5.74, 6) is -0.554. The summed E-state index contributed by atoms with van der Waals surface area (Å²) in [5, 5.41) is 6.41. The number of nitrogens with zero attached hydrogens (tertiary/aromatic N) is 1. The van der Waals surface area contributed by atoms with Crippen LogP contribution >= 0.6 is 0 Å². The largest absolute Gasteiger partial charge is 0.489 e. The van der Waals surface area contributed by atoms with E-state index in [2.05, 4.69) is 29.7 Å². The highest BCUT2D eigenvalue weighted by Gasteiger charge is 2.13. The second-order valence-electron chi connectivity index (χ2n) is 7.28. The summed E-state index contributed by atoms with van der Waals surface area (Å²) >= 11 is 0. The van der Waals surface area contributed by atoms with Gasteiger partial charge in [0.05, 0.1) is 6.21 Å². The van der Waals surface area contributed by atoms with Gasteiger partial charge in [0.2, 0.25) is 0 Å². The van der Waals surface area contributed by atoms with Gasteiger partial charge in [-0.2, -0.15) is 5.10 Å². The minimum Gasteiger partial charge on any atom is -0.489 e. The summed E-state index contributed by atoms with van der Waals surface area (Å²) < 4.78 is 5.77. The monoisotopic (exact) mass is 415 g/mol. The molecule has 2 amide bonds. The van der Waals surface area contributed by atoms with Gasteiger partial charge >= 0.3 is 11.8 Å². The summed E-state index contributed by atoms with van der Waals surface area (Å²) in [7, 11) is 0. The Morgan fingerprint density at radius 1 is 0.935 bits per heavy atom. The van der Waals surface area contributed by atoms with Gasteiger partial charge in [-0.25, -0.2) is 5.43 Å². The van der Waals surface area contributed by atoms with Gasteiger partial charge in [-0.05, 0) is 46.9 Å². The molecule has 0 radical (unpaired) electrons. The van der Waals surface area contributed by atoms with E-state index >= 15 is 0 Å². The molecular formula is C25H25N3O3. The number of amides is 2. The molecule has 0 unspecified atom stereocenters. The Bertz CT molecular complexity index is 1050. The van der Waals surface area contributed by atoms with Crippen molar-refractivity contribution in [1.82, 2.24) is 5.43 Å². The molecule has 6 heteroatoms. The minimum atomic E-state index is -0.847. The van der Waals surface area contributed by atoms with E-state index in [4.69, 9.17) is 4.74 Å². The topological polar surface area (TPSA) is 79.8 Å². The Morgan fingerprint density at radius 3 is 2.39 bits per heavy atom. The average Bonchev–Trinajstić information content (AvgIpc) is 2.79. The predicted molar refractivity (Wildman–Crippen MR) is 122 cm³/mol. The molecule has 0 aliphatic rings. The zero-order valence-electron chi connectivity index (χ0n) is 17.5. The number of carbonyl (C=O) groups is 2. The Morgan fingerprint density at radius 2 is 1.68 bits per heavy atom. The van der Waals surface area contributed by atoms with Crippen molar-refractivity contribution in [1.29, 1.82) is 0 Å². The van der Waals surface area contributed by atoms with Gasteiger partial charge in [0, 0.05) is 5.69 Å². The third-order valence-corrected chi connectivity index (χ3v) is 4.53. The van der Waals surface area contributed by atoms with Crippen LogP contribution in [-0.2, 0) is 16.2 Å². The molecule has 0 aromatic heterocycles. The first-order valence-corrected chi connectivity index (χ1v) is 10.0. The Labute approximate surface area is 182 Å². The Kier molecular flexibility index (Phi) is 7.54. The summed E-state index contributed by atoms with van der Waals surface area (Å²) in [5.41, 5.74) is 5.74. The SMILES string of the molecule is CC(C)c1ccc(NC(=O)C(=O)N/N=C\c2cccc(OCc3ccccc3)c2)cc1. The lowest BCUT2D eigenvalue weighted by atomic mass is 10.0. The number of carbonyl (C=O) groups excluding carboxylic acids is 2. The highest BCUT2D eigenvalue weighted by molar-refractivity contribution is 6.39. The molecule has 0 saturated heterocycles. The standard InChI is InChI=1S/C25H25N3O3/c1-18(2)21-11-13-22(14-12-21)27-24(29)25(30)28-26-16-20-9-6-10-23(15-20)31-17-19-7-4-3-5-8-19/h3-16,18H,17H2,1-2H3,(H,27,29)(H,28,30)/b26-16-. The minimum absolute atomic E-state index is 0.393. The molecule has 0 spiro atoms. The third kappa shape index (κ3) is 6.82. The van der Waals surface area contributed by atoms with Crippen LogP contribution in [0.15, 0.2) is 84.0 Å². The number of anilines is 1. The Hall–Kier alpha value is -3.93. The van der Waals surface area contributed by atoms with E-state index < -0.39 is 11.8 Å². The van der Waals surface area contributed by atoms with Crippen LogP contribution in [0.25, 0.3) is 0 Å². The average molecular weight is 415 g/mol. The highest BCUT2D eigenvalue weighted by atomic mass is 16.5. The van der Waals surface area contributed by atoms with Crippen molar-refractivity contribution in [2.24, 2.45) is 5.10 Å². The first-order valence-electron chi connectivity index (χ1n) is 10.0. The lowest BCUT2D eigenvalue weighted by Crippen LogP contribution is -2.32. The summed E-state index contributed by atoms with van der Waals surface area (Å²) in [6, 6.07) is 24.5. The van der Waals surface area contributed by atoms with E-state index in [0.29, 0.717) is 24.0 Å². The molecule has 31 heavy (non-hydrogen) atoms. The zero-order valence-corrected chi connectivity index (χ0v) is 17.5. The van der Waals surface area contributed by atoms with E-state index in [1.54, 1.807) is 18.2 Å². The maximum atomic E-state index is 12.0. The van der Waals surface area contributed by atoms with Crippen molar-refractivity contribution in [2.75, 3.05) is 5.32 Å². The van der Waals surface area contributed by atoms with Crippen molar-refractivity contribution in [2.45, 2.75) is 26.4 Å². The van der Waals surface area contributed by atoms with Gasteiger partial charge in [-0.15, -0.1) is 0 Å². The number of nitrogens with one attached hydrogen (secondary N) is 2. The highest BCUT2D eigenvalue weighted by Crippen LogP contribution is 2.17. The molecule has 0 atom stereocenters. The van der Waals surface area contributed by atoms with Crippen LogP contribution < -0.4 is 15.5 Å². The Balaban J connectivity index is 1.50. The van der Waals surface area contributed by atoms with Gasteiger partial charge in [0.15, 0.2) is 0 Å². The van der Waals surface area contributed by atoms with Crippen LogP contribution in [0, 0.1) is 0 Å². The number of hydrogen-bond donors (Lipinski definition) is 2. The summed E-state index contributed by atoms with van der Waals surface area (Å²) in [6.07, 6.45) is 1.46. The lowest BCUT2D eigenvalue weighted by molar-refractivity contribution is -0.136. The number of hydrazone groups is 1. The van der Waals surface area contributed by atoms with E-state index in [1.165, 1.54) is 6.21 Å². The van der Waals surface area contributed by atoms with Crippen LogP contribution in [-0.4, -0.2) is 18.0 Å². The van der Waals surface area contributed by atoms with Gasteiger partial charge in [0.1, 0.15) is 12.4 Å². The molecule has 3 rings (SSSR count). The zero-order chi connectivity index (χ0) is 22.1. The molecule has 0 bridgehead atoms. The second-order valence-corrected chi connectivity index (χ2v) is 7.28. The van der Waals surface area contributed by atoms with Crippen molar-refractivity contribution < 1.29 is 14.3 Å². The van der Waals surface area contributed by atoms with Gasteiger partial charge < -0.3 is 10.1 Å². The van der Waals surface area contributed by atoms with Crippen LogP contribution in [0.1, 0.15) is 36.5 Å². The number of ether oxygens (including phenoxy) is 1. The van der Waals surface area contributed by atoms with E-state index in [0.717, 1.165) is 16.7 Å². The van der Waals surface area contributed by atoms with Crippen molar-refractivity contribution in [3.63, 3.8) is 0 Å². The van der Waals surface area contributed by atoms with Gasteiger partial charge in [0.25, 0.3) is 0 Å². The molecule has 3 aromatic carbocycles. The number of benzene rings is 3. The van der Waals surface area contributed by atoms with Gasteiger partial charge in [-0.3, -0.25) is 9.59 Å². The molecule has 0 aliphatic heterocycles. The predicted octanol–water partition coefficient (Wildman–Crippen LogP) is 4.48. The number of hydrogen-bond acceptors (Lipinski definition) is 4. The van der Waals surface area contributed by atoms with Crippen LogP contribution in [0.2, 0.25) is 0 Å². The summed E-state index contributed by atoms with van der Waals surface area (Å²) in [4.78, 5) is 24.0. The molecular weight excluding hydrogens is 390 g/mol. The second kappa shape index (κ2) is 10.7. The first kappa shape index (κ1) is 21.8. The molecule has 0 aliphatic carbocycles. The quantitative estimate of drug-likeness (QED) is 0.339. The van der Waals surface area contributed by atoms with Crippen molar-refractivity contribution in [3.05, 3.63) is 95.6 Å². The normalized spacial score (nSPS) is 10.8. The van der Waals surface area contributed by atoms with Gasteiger partial charge in [-0.1, -0.05) is 68.4 Å². The van der Waals surface area contributed by atoms with Crippen LogP contribution in [0.4, 0.5) is 5.69 Å². The maximum Gasteiger partial charge on any atom is 0.329 e. The molecule has 2 N–H and O–H groups in total. The molecule has 0 saturated carbocycles. The van der Waals surface area contributed by atoms with E-state index in [9.17, 15) is 9.59 Å².